The summed E-state index contributed by atoms with van der Waals surface area (Å²) in [6.07, 6.45) is 7.72. The molecule has 1 aliphatic rings. The van der Waals surface area contributed by atoms with Crippen LogP contribution in [0.15, 0.2) is 218 Å². The Morgan fingerprint density at radius 1 is 0.353 bits per heavy atom. The molecule has 0 unspecified atom stereocenters. The van der Waals surface area contributed by atoms with E-state index in [0.29, 0.717) is 34.7 Å². The maximum Gasteiger partial charge on any atom is 4.00 e. The van der Waals surface area contributed by atoms with E-state index in [-0.39, 0.29) is 21.1 Å². The van der Waals surface area contributed by atoms with Gasteiger partial charge in [0.2, 0.25) is 11.9 Å². The molecule has 0 spiro atoms. The average Bonchev–Trinajstić information content (AvgIpc) is 2.35. The third-order valence-corrected chi connectivity index (χ3v) is 16.9. The summed E-state index contributed by atoms with van der Waals surface area (Å²) >= 11 is 0. The molecule has 0 radical (unpaired) electrons. The Kier molecular flexibility index (Phi) is 11.5. The Hall–Kier alpha value is -10.4. The van der Waals surface area contributed by atoms with Crippen LogP contribution in [-0.2, 0) is 21.1 Å². The Morgan fingerprint density at radius 3 is 1.26 bits per heavy atom. The first-order chi connectivity index (χ1) is 41.3. The fraction of sp³-hybridized carbons (Fsp3) is 0.0541. The first-order valence-electron chi connectivity index (χ1n) is 28.2. The average molecular weight is 1270 g/mol. The minimum absolute atomic E-state index is 0. The topological polar surface area (TPSA) is 79.0 Å². The Bertz CT molecular complexity index is 5350. The van der Waals surface area contributed by atoms with Gasteiger partial charge in [-0.1, -0.05) is 200 Å². The van der Waals surface area contributed by atoms with E-state index < -0.39 is 0 Å². The van der Waals surface area contributed by atoms with Gasteiger partial charge in [-0.3, -0.25) is 22.8 Å². The second-order valence-electron chi connectivity index (χ2n) is 21.9. The third-order valence-electron chi connectivity index (χ3n) is 16.9. The number of nitrogens with zero attached hydrogens (tertiary/aromatic N) is 10. The number of fused-ring (bicyclic) bond motifs is 33. The third kappa shape index (κ3) is 7.61. The van der Waals surface area contributed by atoms with Crippen LogP contribution in [0.4, 0.5) is 0 Å². The molecule has 0 aliphatic carbocycles. The van der Waals surface area contributed by atoms with Crippen molar-refractivity contribution < 1.29 is 30.2 Å². The molecule has 16 aromatic rings. The summed E-state index contributed by atoms with van der Waals surface area (Å²) in [5.41, 5.74) is 21.9. The molecule has 1 aliphatic heterocycles. The van der Waals surface area contributed by atoms with Crippen LogP contribution in [0.1, 0.15) is 22.3 Å². The number of rotatable bonds is 2. The second-order valence-corrected chi connectivity index (χ2v) is 21.9. The van der Waals surface area contributed by atoms with Crippen molar-refractivity contribution in [3.63, 3.8) is 0 Å². The van der Waals surface area contributed by atoms with Crippen molar-refractivity contribution in [1.82, 2.24) is 38.2 Å². The van der Waals surface area contributed by atoms with Crippen molar-refractivity contribution in [2.45, 2.75) is 27.7 Å². The van der Waals surface area contributed by atoms with E-state index in [4.69, 9.17) is 19.9 Å². The Balaban J connectivity index is 0.00000588. The molecule has 0 amide bonds. The van der Waals surface area contributed by atoms with Crippen LogP contribution in [0.5, 0.6) is 0 Å². The quantitative estimate of drug-likeness (QED) is 0.128. The molecule has 6 aromatic heterocycles. The normalized spacial score (nSPS) is 11.9. The van der Waals surface area contributed by atoms with Crippen molar-refractivity contribution in [1.29, 1.82) is 0 Å². The van der Waals surface area contributed by atoms with Gasteiger partial charge in [0.1, 0.15) is 0 Å². The van der Waals surface area contributed by atoms with Gasteiger partial charge in [0.05, 0.1) is 61.2 Å². The number of aromatic nitrogens is 10. The zero-order valence-electron chi connectivity index (χ0n) is 46.6. The number of imidazole rings is 2. The van der Waals surface area contributed by atoms with Gasteiger partial charge in [-0.05, 0) is 72.7 Å². The van der Waals surface area contributed by atoms with Crippen LogP contribution in [0.25, 0.3) is 145 Å². The fourth-order valence-electron chi connectivity index (χ4n) is 13.1. The molecule has 0 saturated carbocycles. The van der Waals surface area contributed by atoms with Gasteiger partial charge in [0.15, 0.2) is 0 Å². The Morgan fingerprint density at radius 2 is 0.741 bits per heavy atom. The van der Waals surface area contributed by atoms with E-state index in [9.17, 15) is 0 Å². The van der Waals surface area contributed by atoms with Crippen molar-refractivity contribution in [2.75, 3.05) is 0 Å². The smallest absolute Gasteiger partial charge is 0.302 e. The fourth-order valence-corrected chi connectivity index (χ4v) is 13.1. The summed E-state index contributed by atoms with van der Waals surface area (Å²) in [6.45, 7) is 8.67. The van der Waals surface area contributed by atoms with Crippen molar-refractivity contribution >= 4 is 65.7 Å². The summed E-state index contributed by atoms with van der Waals surface area (Å²) in [7, 11) is 0. The molecular formula is C74H48N10Pt+2. The number of hydrogen-bond donors (Lipinski definition) is 0. The van der Waals surface area contributed by atoms with Crippen molar-refractivity contribution in [3.05, 3.63) is 265 Å². The van der Waals surface area contributed by atoms with E-state index >= 15 is 0 Å². The molecule has 11 heteroatoms. The predicted molar refractivity (Wildman–Crippen MR) is 333 cm³/mol. The molecule has 0 fully saturated rings. The van der Waals surface area contributed by atoms with Gasteiger partial charge in [-0.2, -0.15) is 0 Å². The summed E-state index contributed by atoms with van der Waals surface area (Å²) < 4.78 is 13.1. The summed E-state index contributed by atoms with van der Waals surface area (Å²) in [5, 5.41) is 4.53. The monoisotopic (exact) mass is 1270 g/mol. The van der Waals surface area contributed by atoms with Gasteiger partial charge in [0.25, 0.3) is 12.7 Å². The molecule has 7 heterocycles. The summed E-state index contributed by atoms with van der Waals surface area (Å²) in [4.78, 5) is 22.6. The molecular weight excluding hydrogens is 1220 g/mol. The van der Waals surface area contributed by atoms with Gasteiger partial charge < -0.3 is 4.57 Å². The van der Waals surface area contributed by atoms with Gasteiger partial charge >= 0.3 is 21.1 Å². The zero-order chi connectivity index (χ0) is 55.9. The first kappa shape index (κ1) is 50.3. The van der Waals surface area contributed by atoms with E-state index in [1.807, 2.05) is 0 Å². The van der Waals surface area contributed by atoms with Crippen molar-refractivity contribution in [3.8, 4) is 79.7 Å². The minimum atomic E-state index is 0. The Labute approximate surface area is 503 Å². The first-order valence-corrected chi connectivity index (χ1v) is 28.2. The molecule has 17 rings (SSSR count). The zero-order valence-corrected chi connectivity index (χ0v) is 48.8. The largest absolute Gasteiger partial charge is 4.00 e. The second kappa shape index (κ2) is 19.3. The number of aryl methyl sites for hydroxylation is 4. The minimum Gasteiger partial charge on any atom is -0.302 e. The van der Waals surface area contributed by atoms with E-state index in [1.165, 1.54) is 0 Å². The number of benzene rings is 10. The van der Waals surface area contributed by atoms with Crippen molar-refractivity contribution in [2.24, 2.45) is 0 Å². The molecule has 10 aromatic carbocycles. The van der Waals surface area contributed by atoms with Gasteiger partial charge in [-0.25, -0.2) is 19.9 Å². The molecule has 0 saturated heterocycles. The van der Waals surface area contributed by atoms with E-state index in [0.717, 1.165) is 133 Å². The maximum absolute atomic E-state index is 5.67. The maximum atomic E-state index is 5.67. The number of para-hydroxylation sites is 11. The summed E-state index contributed by atoms with van der Waals surface area (Å²) in [6, 6.07) is 84.4. The molecule has 85 heavy (non-hydrogen) atoms. The van der Waals surface area contributed by atoms with Crippen LogP contribution in [-0.4, -0.2) is 38.2 Å². The van der Waals surface area contributed by atoms with Gasteiger partial charge in [0, 0.05) is 27.2 Å². The number of hydrogen-bond acceptors (Lipinski definition) is 4. The van der Waals surface area contributed by atoms with Crippen LogP contribution < -0.4 is 9.13 Å². The van der Waals surface area contributed by atoms with E-state index in [2.05, 4.69) is 298 Å². The van der Waals surface area contributed by atoms with Crippen LogP contribution in [0.2, 0.25) is 0 Å². The molecule has 0 N–H and O–H groups in total. The van der Waals surface area contributed by atoms with Crippen LogP contribution in [0.3, 0.4) is 0 Å². The molecule has 0 atom stereocenters. The van der Waals surface area contributed by atoms with Crippen LogP contribution >= 0.6 is 0 Å². The predicted octanol–water partition coefficient (Wildman–Crippen LogP) is 15.3. The molecule has 10 bridgehead atoms. The van der Waals surface area contributed by atoms with Crippen LogP contribution in [0, 0.1) is 52.5 Å². The summed E-state index contributed by atoms with van der Waals surface area (Å²) in [5.74, 6) is 1.04. The van der Waals surface area contributed by atoms with E-state index in [1.54, 1.807) is 0 Å². The SMILES string of the molecule is Cc1cccc2c3cccc(C)c3n(-c3nc4[c-]c(n3)-c3ccccc3-c3[c-]c(nc(-n5c6c(C)cccc6c6cccc(C)c65)n3)-c3ccccc3-[n+]3[c-]n(c5ccccc53)-c3ccccc3-n3[c-][n+](c5ccccc53)-c3cccc-4c3)c12.[Pt+4]. The molecule has 10 nitrogen and oxygen atoms in total. The van der Waals surface area contributed by atoms with Gasteiger partial charge in [-0.15, -0.1) is 53.1 Å². The molecule has 402 valence electrons. The standard InChI is InChI=1S/C74H48N10.Pt/c1-45-20-15-29-53-54-30-16-21-46(2)70(54)83(69(45)53)73-75-58-41-59(76-73)51-26-5-6-27-52(51)60-42-61(78-74(77-60)84-71-47(3)22-17-31-55(71)56-32-18-23-48(4)72(56)84)57-28-7-8-33-62(57)80-44-82(66-37-12-11-36-65(66)80)68-39-14-13-38-67(68)81-43-79(50-25-19-24-49(58)40-50)63-34-9-10-35-64(63)81;/h5-40H,1-4H3;/q-2;+4.